The molecule has 1 saturated carbocycles. The molecule has 4 atom stereocenters. The van der Waals surface area contributed by atoms with Crippen molar-refractivity contribution in [1.82, 2.24) is 10.2 Å². The molecule has 1 spiro atoms. The Morgan fingerprint density at radius 1 is 1.10 bits per heavy atom. The second-order valence-corrected chi connectivity index (χ2v) is 10.6. The van der Waals surface area contributed by atoms with Crippen LogP contribution in [0.3, 0.4) is 0 Å². The Morgan fingerprint density at radius 3 is 2.52 bits per heavy atom. The molecule has 3 aliphatic rings. The van der Waals surface area contributed by atoms with E-state index in [4.69, 9.17) is 0 Å². The van der Waals surface area contributed by atoms with Crippen molar-refractivity contribution in [1.29, 1.82) is 0 Å². The van der Waals surface area contributed by atoms with Gasteiger partial charge in [0, 0.05) is 30.1 Å². The highest BCUT2D eigenvalue weighted by atomic mass is 16.2. The van der Waals surface area contributed by atoms with E-state index in [1.54, 1.807) is 0 Å². The van der Waals surface area contributed by atoms with Crippen LogP contribution in [0.15, 0.2) is 24.3 Å². The molecule has 0 aromatic heterocycles. The molecule has 0 bridgehead atoms. The van der Waals surface area contributed by atoms with Crippen molar-refractivity contribution in [3.05, 3.63) is 35.4 Å². The first kappa shape index (κ1) is 20.4. The second kappa shape index (κ2) is 7.45. The van der Waals surface area contributed by atoms with Gasteiger partial charge in [-0.3, -0.25) is 9.59 Å². The number of carbonyl (C=O) groups excluding carboxylic acids is 2. The fraction of sp³-hybridized carbons (Fsp3) is 0.680. The first-order valence-electron chi connectivity index (χ1n) is 11.4. The van der Waals surface area contributed by atoms with Crippen LogP contribution in [0.1, 0.15) is 88.6 Å². The molecule has 4 heteroatoms. The van der Waals surface area contributed by atoms with Crippen molar-refractivity contribution in [2.45, 2.75) is 89.6 Å². The summed E-state index contributed by atoms with van der Waals surface area (Å²) in [7, 11) is 0. The van der Waals surface area contributed by atoms with Crippen molar-refractivity contribution in [2.24, 2.45) is 11.8 Å². The zero-order valence-electron chi connectivity index (χ0n) is 18.5. The molecule has 1 aromatic carbocycles. The standard InChI is InChI=1S/C25H36N2O2/c1-17-20-7-5-8-22(28)27-16-6-14-25(20,27)15-13-21(17)26-23(29)18-9-11-19(12-10-18)24(2,3)4/h9-12,17,20-21H,5-8,13-16H2,1-4H3,(H,26,29)/t17-,20+,21+,25-/m1/s1. The fourth-order valence-electron chi connectivity index (χ4n) is 6.26. The minimum atomic E-state index is 0.0336. The number of nitrogens with one attached hydrogen (secondary N) is 1. The van der Waals surface area contributed by atoms with Crippen LogP contribution in [0.2, 0.25) is 0 Å². The topological polar surface area (TPSA) is 49.4 Å². The molecule has 158 valence electrons. The molecular formula is C25H36N2O2. The molecule has 1 N–H and O–H groups in total. The lowest BCUT2D eigenvalue weighted by atomic mass is 9.63. The van der Waals surface area contributed by atoms with Crippen LogP contribution in [0.4, 0.5) is 0 Å². The minimum Gasteiger partial charge on any atom is -0.349 e. The highest BCUT2D eigenvalue weighted by molar-refractivity contribution is 5.94. The zero-order valence-corrected chi connectivity index (χ0v) is 18.5. The van der Waals surface area contributed by atoms with Gasteiger partial charge < -0.3 is 10.2 Å². The maximum absolute atomic E-state index is 12.9. The van der Waals surface area contributed by atoms with Crippen molar-refractivity contribution >= 4 is 11.8 Å². The van der Waals surface area contributed by atoms with E-state index >= 15 is 0 Å². The molecule has 29 heavy (non-hydrogen) atoms. The van der Waals surface area contributed by atoms with Gasteiger partial charge in [-0.15, -0.1) is 0 Å². The predicted octanol–water partition coefficient (Wildman–Crippen LogP) is 4.67. The average molecular weight is 397 g/mol. The smallest absolute Gasteiger partial charge is 0.251 e. The Kier molecular flexibility index (Phi) is 5.25. The molecule has 2 heterocycles. The summed E-state index contributed by atoms with van der Waals surface area (Å²) in [6.45, 7) is 9.78. The monoisotopic (exact) mass is 396 g/mol. The van der Waals surface area contributed by atoms with Gasteiger partial charge in [0.2, 0.25) is 5.91 Å². The van der Waals surface area contributed by atoms with Gasteiger partial charge >= 0.3 is 0 Å². The maximum atomic E-state index is 12.9. The third-order valence-electron chi connectivity index (χ3n) is 7.91. The van der Waals surface area contributed by atoms with Crippen LogP contribution < -0.4 is 5.32 Å². The van der Waals surface area contributed by atoms with Crippen molar-refractivity contribution in [2.75, 3.05) is 6.54 Å². The van der Waals surface area contributed by atoms with E-state index in [1.165, 1.54) is 5.56 Å². The average Bonchev–Trinajstić information content (AvgIpc) is 3.04. The summed E-state index contributed by atoms with van der Waals surface area (Å²) in [6.07, 6.45) is 7.06. The van der Waals surface area contributed by atoms with Crippen LogP contribution in [-0.2, 0) is 10.2 Å². The number of nitrogens with zero attached hydrogens (tertiary/aromatic N) is 1. The molecular weight excluding hydrogens is 360 g/mol. The predicted molar refractivity (Wildman–Crippen MR) is 116 cm³/mol. The Bertz CT molecular complexity index is 779. The Hall–Kier alpha value is -1.84. The number of benzene rings is 1. The highest BCUT2D eigenvalue weighted by Gasteiger charge is 2.55. The molecule has 1 aliphatic carbocycles. The van der Waals surface area contributed by atoms with Gasteiger partial charge in [-0.1, -0.05) is 39.8 Å². The lowest BCUT2D eigenvalue weighted by Gasteiger charge is -2.52. The van der Waals surface area contributed by atoms with Gasteiger partial charge in [-0.25, -0.2) is 0 Å². The van der Waals surface area contributed by atoms with Gasteiger partial charge in [0.1, 0.15) is 0 Å². The normalized spacial score (nSPS) is 32.3. The summed E-state index contributed by atoms with van der Waals surface area (Å²) >= 11 is 0. The first-order valence-corrected chi connectivity index (χ1v) is 11.4. The SMILES string of the molecule is C[C@H]1[C@@H](NC(=O)c2ccc(C(C)(C)C)cc2)CC[C@@]23CCCN2C(=O)CCC[C@@H]13. The number of amides is 2. The van der Waals surface area contributed by atoms with Crippen molar-refractivity contribution in [3.8, 4) is 0 Å². The third kappa shape index (κ3) is 3.60. The first-order chi connectivity index (χ1) is 13.7. The molecule has 0 radical (unpaired) electrons. The number of hydrogen-bond acceptors (Lipinski definition) is 2. The van der Waals surface area contributed by atoms with E-state index in [-0.39, 0.29) is 22.9 Å². The summed E-state index contributed by atoms with van der Waals surface area (Å²) in [5.41, 5.74) is 2.13. The van der Waals surface area contributed by atoms with Crippen molar-refractivity contribution < 1.29 is 9.59 Å². The van der Waals surface area contributed by atoms with E-state index in [1.807, 2.05) is 12.1 Å². The molecule has 3 fully saturated rings. The summed E-state index contributed by atoms with van der Waals surface area (Å²) in [5.74, 6) is 1.29. The summed E-state index contributed by atoms with van der Waals surface area (Å²) < 4.78 is 0. The Morgan fingerprint density at radius 2 is 1.83 bits per heavy atom. The van der Waals surface area contributed by atoms with Crippen LogP contribution in [0.25, 0.3) is 0 Å². The van der Waals surface area contributed by atoms with E-state index in [2.05, 4.69) is 50.0 Å². The maximum Gasteiger partial charge on any atom is 0.251 e. The summed E-state index contributed by atoms with van der Waals surface area (Å²) in [4.78, 5) is 27.8. The van der Waals surface area contributed by atoms with E-state index < -0.39 is 0 Å². The van der Waals surface area contributed by atoms with E-state index in [9.17, 15) is 9.59 Å². The van der Waals surface area contributed by atoms with Crippen LogP contribution in [0.5, 0.6) is 0 Å². The largest absolute Gasteiger partial charge is 0.349 e. The van der Waals surface area contributed by atoms with Gasteiger partial charge in [0.05, 0.1) is 0 Å². The number of rotatable bonds is 2. The molecule has 2 amide bonds. The molecule has 2 aliphatic heterocycles. The zero-order chi connectivity index (χ0) is 20.8. The summed E-state index contributed by atoms with van der Waals surface area (Å²) in [6, 6.07) is 8.24. The lowest BCUT2D eigenvalue weighted by Crippen LogP contribution is -2.59. The van der Waals surface area contributed by atoms with Gasteiger partial charge in [0.25, 0.3) is 5.91 Å². The van der Waals surface area contributed by atoms with Crippen molar-refractivity contribution in [3.63, 3.8) is 0 Å². The minimum absolute atomic E-state index is 0.0336. The highest BCUT2D eigenvalue weighted by Crippen LogP contribution is 2.51. The van der Waals surface area contributed by atoms with Gasteiger partial charge in [-0.2, -0.15) is 0 Å². The third-order valence-corrected chi connectivity index (χ3v) is 7.91. The van der Waals surface area contributed by atoms with Gasteiger partial charge in [-0.05, 0) is 73.5 Å². The van der Waals surface area contributed by atoms with E-state index in [0.717, 1.165) is 50.6 Å². The fourth-order valence-corrected chi connectivity index (χ4v) is 6.26. The van der Waals surface area contributed by atoms with Crippen LogP contribution in [0, 0.1) is 11.8 Å². The summed E-state index contributed by atoms with van der Waals surface area (Å²) in [5, 5.41) is 3.34. The quantitative estimate of drug-likeness (QED) is 0.789. The molecule has 1 aromatic rings. The van der Waals surface area contributed by atoms with Crippen LogP contribution >= 0.6 is 0 Å². The Labute approximate surface area is 175 Å². The molecule has 2 saturated heterocycles. The van der Waals surface area contributed by atoms with Crippen LogP contribution in [-0.4, -0.2) is 34.8 Å². The Balaban J connectivity index is 1.48. The second-order valence-electron chi connectivity index (χ2n) is 10.6. The lowest BCUT2D eigenvalue weighted by molar-refractivity contribution is -0.138. The van der Waals surface area contributed by atoms with Gasteiger partial charge in [0.15, 0.2) is 0 Å². The molecule has 4 nitrogen and oxygen atoms in total. The number of carbonyl (C=O) groups is 2. The molecule has 0 unspecified atom stereocenters. The number of hydrogen-bond donors (Lipinski definition) is 1. The van der Waals surface area contributed by atoms with E-state index in [0.29, 0.717) is 24.2 Å². The molecule has 4 rings (SSSR count).